The zero-order valence-electron chi connectivity index (χ0n) is 18.6. The maximum atomic E-state index is 6.07. The summed E-state index contributed by atoms with van der Waals surface area (Å²) in [5.41, 5.74) is 5.74. The fourth-order valence-corrected chi connectivity index (χ4v) is 4.75. The van der Waals surface area contributed by atoms with Crippen molar-refractivity contribution >= 4 is 5.82 Å². The van der Waals surface area contributed by atoms with E-state index in [0.29, 0.717) is 18.7 Å². The first-order valence-electron chi connectivity index (χ1n) is 11.3. The number of anilines is 1. The van der Waals surface area contributed by atoms with Gasteiger partial charge in [-0.3, -0.25) is 4.68 Å². The third-order valence-corrected chi connectivity index (χ3v) is 6.68. The van der Waals surface area contributed by atoms with Crippen LogP contribution in [-0.4, -0.2) is 40.4 Å². The molecule has 162 valence electrons. The summed E-state index contributed by atoms with van der Waals surface area (Å²) in [6.45, 7) is 3.80. The van der Waals surface area contributed by atoms with E-state index >= 15 is 0 Å². The largest absolute Gasteiger partial charge is 0.472 e. The molecular formula is C25H31N5O. The molecule has 1 fully saturated rings. The fourth-order valence-electron chi connectivity index (χ4n) is 4.75. The molecular weight excluding hydrogens is 386 g/mol. The monoisotopic (exact) mass is 417 g/mol. The number of rotatable bonds is 6. The predicted octanol–water partition coefficient (Wildman–Crippen LogP) is 4.40. The van der Waals surface area contributed by atoms with E-state index < -0.39 is 0 Å². The summed E-state index contributed by atoms with van der Waals surface area (Å²) >= 11 is 0. The van der Waals surface area contributed by atoms with Gasteiger partial charge >= 0.3 is 0 Å². The lowest BCUT2D eigenvalue weighted by Crippen LogP contribution is -2.32. The van der Waals surface area contributed by atoms with Gasteiger partial charge < -0.3 is 15.0 Å². The Balaban J connectivity index is 1.30. The van der Waals surface area contributed by atoms with Crippen LogP contribution in [0, 0.1) is 0 Å². The number of aromatic nitrogens is 3. The van der Waals surface area contributed by atoms with Gasteiger partial charge in [0, 0.05) is 50.0 Å². The fraction of sp³-hybridized carbons (Fsp3) is 0.440. The molecule has 1 saturated heterocycles. The van der Waals surface area contributed by atoms with Crippen LogP contribution in [0.2, 0.25) is 0 Å². The van der Waals surface area contributed by atoms with E-state index in [1.165, 1.54) is 30.4 Å². The smallest absolute Gasteiger partial charge is 0.223 e. The molecule has 0 radical (unpaired) electrons. The molecule has 1 N–H and O–H groups in total. The molecule has 31 heavy (non-hydrogen) atoms. The molecule has 2 aliphatic heterocycles. The number of fused-ring (bicyclic) bond motifs is 3. The van der Waals surface area contributed by atoms with Crippen molar-refractivity contribution in [3.05, 3.63) is 48.3 Å². The minimum absolute atomic E-state index is 0.543. The molecule has 0 aliphatic carbocycles. The predicted molar refractivity (Wildman–Crippen MR) is 124 cm³/mol. The van der Waals surface area contributed by atoms with Gasteiger partial charge in [0.25, 0.3) is 0 Å². The molecule has 0 bridgehead atoms. The second-order valence-corrected chi connectivity index (χ2v) is 8.84. The van der Waals surface area contributed by atoms with Crippen LogP contribution >= 0.6 is 0 Å². The van der Waals surface area contributed by atoms with E-state index in [1.54, 1.807) is 0 Å². The lowest BCUT2D eigenvalue weighted by molar-refractivity contribution is 0.290. The molecule has 1 aromatic carbocycles. The maximum Gasteiger partial charge on any atom is 0.223 e. The minimum atomic E-state index is 0.543. The zero-order chi connectivity index (χ0) is 21.4. The Morgan fingerprint density at radius 3 is 2.74 bits per heavy atom. The maximum absolute atomic E-state index is 6.07. The Morgan fingerprint density at radius 2 is 1.97 bits per heavy atom. The average molecular weight is 418 g/mol. The number of ether oxygens (including phenoxy) is 1. The Hall–Kier alpha value is -2.86. The van der Waals surface area contributed by atoms with Gasteiger partial charge in [0.05, 0.1) is 6.20 Å². The number of pyridine rings is 1. The quantitative estimate of drug-likeness (QED) is 0.644. The van der Waals surface area contributed by atoms with Gasteiger partial charge in [-0.05, 0) is 60.6 Å². The van der Waals surface area contributed by atoms with Gasteiger partial charge in [-0.15, -0.1) is 0 Å². The molecule has 4 heterocycles. The van der Waals surface area contributed by atoms with E-state index in [2.05, 4.69) is 59.6 Å². The molecule has 6 nitrogen and oxygen atoms in total. The summed E-state index contributed by atoms with van der Waals surface area (Å²) in [5, 5.41) is 8.03. The van der Waals surface area contributed by atoms with E-state index in [9.17, 15) is 0 Å². The van der Waals surface area contributed by atoms with E-state index in [-0.39, 0.29) is 0 Å². The molecule has 5 rings (SSSR count). The summed E-state index contributed by atoms with van der Waals surface area (Å²) in [6, 6.07) is 12.1. The Bertz CT molecular complexity index is 1080. The third-order valence-electron chi connectivity index (χ3n) is 6.68. The van der Waals surface area contributed by atoms with Gasteiger partial charge in [0.15, 0.2) is 0 Å². The van der Waals surface area contributed by atoms with Crippen molar-refractivity contribution in [2.75, 3.05) is 18.5 Å². The van der Waals surface area contributed by atoms with Gasteiger partial charge in [-0.2, -0.15) is 10.1 Å². The number of nitrogens with zero attached hydrogens (tertiary/aromatic N) is 4. The molecule has 0 amide bonds. The highest BCUT2D eigenvalue weighted by Gasteiger charge is 2.23. The summed E-state index contributed by atoms with van der Waals surface area (Å²) in [5.74, 6) is 1.70. The molecule has 2 aromatic heterocycles. The van der Waals surface area contributed by atoms with Crippen LogP contribution in [0.5, 0.6) is 5.88 Å². The second-order valence-electron chi connectivity index (χ2n) is 8.84. The average Bonchev–Trinajstić information content (AvgIpc) is 3.45. The molecule has 2 unspecified atom stereocenters. The normalized spacial score (nSPS) is 19.6. The topological polar surface area (TPSA) is 55.2 Å². The van der Waals surface area contributed by atoms with Crippen molar-refractivity contribution in [1.29, 1.82) is 0 Å². The van der Waals surface area contributed by atoms with Gasteiger partial charge in [-0.1, -0.05) is 19.1 Å². The Morgan fingerprint density at radius 1 is 1.13 bits per heavy atom. The van der Waals surface area contributed by atoms with Crippen LogP contribution in [-0.2, 0) is 13.7 Å². The molecule has 6 heteroatoms. The van der Waals surface area contributed by atoms with E-state index in [0.717, 1.165) is 41.4 Å². The lowest BCUT2D eigenvalue weighted by Gasteiger charge is -2.24. The first-order valence-corrected chi connectivity index (χ1v) is 11.3. The van der Waals surface area contributed by atoms with E-state index in [4.69, 9.17) is 9.72 Å². The van der Waals surface area contributed by atoms with Crippen LogP contribution in [0.3, 0.4) is 0 Å². The second kappa shape index (κ2) is 8.35. The first-order chi connectivity index (χ1) is 15.1. The molecule has 3 aromatic rings. The highest BCUT2D eigenvalue weighted by atomic mass is 16.5. The molecule has 0 spiro atoms. The van der Waals surface area contributed by atoms with Crippen molar-refractivity contribution < 1.29 is 4.74 Å². The van der Waals surface area contributed by atoms with Crippen LogP contribution in [0.4, 0.5) is 5.82 Å². The number of aryl methyl sites for hydroxylation is 1. The third kappa shape index (κ3) is 4.04. The van der Waals surface area contributed by atoms with Gasteiger partial charge in [0.2, 0.25) is 5.88 Å². The van der Waals surface area contributed by atoms with Crippen molar-refractivity contribution in [3.63, 3.8) is 0 Å². The highest BCUT2D eigenvalue weighted by Crippen LogP contribution is 2.39. The van der Waals surface area contributed by atoms with Crippen LogP contribution in [0.15, 0.2) is 42.7 Å². The minimum Gasteiger partial charge on any atom is -0.472 e. The summed E-state index contributed by atoms with van der Waals surface area (Å²) in [6.07, 6.45) is 8.88. The Kier molecular flexibility index (Phi) is 5.40. The Labute approximate surface area is 184 Å². The standard InChI is InChI=1S/C25H31N5O/c1-4-20-6-7-21(27-20)11-12-29(2)24-10-9-23-22-8-5-17(19-14-26-30(3)15-19)13-18(22)16-31-25(23)28-24/h5,8-10,13-15,20-21,27H,4,6-7,11-12,16H2,1-3H3. The van der Waals surface area contributed by atoms with Crippen LogP contribution in [0.1, 0.15) is 38.2 Å². The number of benzene rings is 1. The number of hydrogen-bond donors (Lipinski definition) is 1. The highest BCUT2D eigenvalue weighted by molar-refractivity contribution is 5.78. The van der Waals surface area contributed by atoms with Crippen molar-refractivity contribution in [2.24, 2.45) is 7.05 Å². The SMILES string of the molecule is CCC1CCC(CCN(C)c2ccc3c(n2)OCc2cc(-c4cnn(C)c4)ccc2-3)N1. The van der Waals surface area contributed by atoms with Gasteiger partial charge in [0.1, 0.15) is 12.4 Å². The van der Waals surface area contributed by atoms with Crippen LogP contribution < -0.4 is 15.0 Å². The van der Waals surface area contributed by atoms with E-state index in [1.807, 2.05) is 24.1 Å². The number of nitrogens with one attached hydrogen (secondary N) is 1. The number of hydrogen-bond acceptors (Lipinski definition) is 5. The zero-order valence-corrected chi connectivity index (χ0v) is 18.6. The van der Waals surface area contributed by atoms with Crippen molar-refractivity contribution in [1.82, 2.24) is 20.1 Å². The first kappa shape index (κ1) is 20.1. The molecule has 2 atom stereocenters. The van der Waals surface area contributed by atoms with Gasteiger partial charge in [-0.25, -0.2) is 0 Å². The van der Waals surface area contributed by atoms with Crippen molar-refractivity contribution in [2.45, 2.75) is 51.3 Å². The van der Waals surface area contributed by atoms with Crippen molar-refractivity contribution in [3.8, 4) is 28.1 Å². The summed E-state index contributed by atoms with van der Waals surface area (Å²) in [7, 11) is 4.06. The molecule has 0 saturated carbocycles. The lowest BCUT2D eigenvalue weighted by atomic mass is 9.95. The summed E-state index contributed by atoms with van der Waals surface area (Å²) < 4.78 is 7.90. The van der Waals surface area contributed by atoms with Crippen LogP contribution in [0.25, 0.3) is 22.3 Å². The molecule has 2 aliphatic rings. The summed E-state index contributed by atoms with van der Waals surface area (Å²) in [4.78, 5) is 7.08.